The normalized spacial score (nSPS) is 22.1. The number of nitrogens with zero attached hydrogens (tertiary/aromatic N) is 2. The molecule has 1 saturated heterocycles. The lowest BCUT2D eigenvalue weighted by molar-refractivity contribution is -0.0687. The molecule has 2 rings (SSSR count). The largest absolute Gasteiger partial charge is 0.369 e. The fourth-order valence-corrected chi connectivity index (χ4v) is 3.00. The van der Waals surface area contributed by atoms with Crippen LogP contribution >= 0.6 is 0 Å². The molecule has 0 radical (unpaired) electrons. The van der Waals surface area contributed by atoms with E-state index in [1.165, 1.54) is 9.80 Å². The van der Waals surface area contributed by atoms with Crippen LogP contribution in [0.3, 0.4) is 0 Å². The topological polar surface area (TPSA) is 68.8 Å². The zero-order valence-electron chi connectivity index (χ0n) is 15.9. The number of aliphatic hydroxyl groups excluding tert-OH is 1. The second kappa shape index (κ2) is 6.76. The summed E-state index contributed by atoms with van der Waals surface area (Å²) < 4.78 is 5.55. The molecule has 24 heavy (non-hydrogen) atoms. The van der Waals surface area contributed by atoms with Crippen molar-refractivity contribution in [3.05, 3.63) is 17.5 Å². The van der Waals surface area contributed by atoms with Crippen molar-refractivity contribution in [2.75, 3.05) is 18.6 Å². The summed E-state index contributed by atoms with van der Waals surface area (Å²) in [5.74, 6) is 0.436. The molecular weight excluding hydrogens is 306 g/mol. The number of hydrogen-bond donors (Lipinski definition) is 2. The van der Waals surface area contributed by atoms with E-state index >= 15 is 0 Å². The van der Waals surface area contributed by atoms with E-state index in [4.69, 9.17) is 4.74 Å². The molecule has 1 aliphatic heterocycles. The minimum absolute atomic E-state index is 0.0665. The summed E-state index contributed by atoms with van der Waals surface area (Å²) in [5, 5.41) is 10.7. The molecule has 6 nitrogen and oxygen atoms in total. The Morgan fingerprint density at radius 3 is 2.50 bits per heavy atom. The number of H-pyrrole nitrogens is 1. The molecule has 0 spiro atoms. The predicted molar refractivity (Wildman–Crippen MR) is 95.1 cm³/mol. The lowest BCUT2D eigenvalue weighted by Crippen LogP contribution is -2.38. The zero-order chi connectivity index (χ0) is 18.2. The summed E-state index contributed by atoms with van der Waals surface area (Å²) >= 11 is 0. The summed E-state index contributed by atoms with van der Waals surface area (Å²) in [5.41, 5.74) is 2.71. The van der Waals surface area contributed by atoms with E-state index in [0.29, 0.717) is 12.5 Å². The van der Waals surface area contributed by atoms with Crippen LogP contribution in [-0.4, -0.2) is 47.1 Å². The highest BCUT2D eigenvalue weighted by Crippen LogP contribution is 2.35. The number of carbonyl (C=O) groups excluding carboxylic acids is 1. The van der Waals surface area contributed by atoms with Gasteiger partial charge in [0.2, 0.25) is 0 Å². The van der Waals surface area contributed by atoms with Crippen LogP contribution in [0.25, 0.3) is 0 Å². The molecule has 0 aromatic carbocycles. The van der Waals surface area contributed by atoms with E-state index in [2.05, 4.69) is 39.6 Å². The summed E-state index contributed by atoms with van der Waals surface area (Å²) in [7, 11) is 1.66. The number of aromatic amines is 1. The Hall–Kier alpha value is -1.53. The third-order valence-electron chi connectivity index (χ3n) is 4.30. The molecule has 1 fully saturated rings. The van der Waals surface area contributed by atoms with E-state index in [-0.39, 0.29) is 11.4 Å². The van der Waals surface area contributed by atoms with Crippen molar-refractivity contribution < 1.29 is 14.6 Å². The van der Waals surface area contributed by atoms with Crippen LogP contribution in [0.2, 0.25) is 0 Å². The molecule has 0 bridgehead atoms. The second-order valence-corrected chi connectivity index (χ2v) is 7.92. The number of urea groups is 1. The van der Waals surface area contributed by atoms with Gasteiger partial charge in [0.25, 0.3) is 0 Å². The van der Waals surface area contributed by atoms with Crippen molar-refractivity contribution in [3.63, 3.8) is 0 Å². The van der Waals surface area contributed by atoms with E-state index in [0.717, 1.165) is 23.5 Å². The molecule has 2 amide bonds. The zero-order valence-corrected chi connectivity index (χ0v) is 15.9. The minimum Gasteiger partial charge on any atom is -0.369 e. The first-order valence-corrected chi connectivity index (χ1v) is 8.66. The molecule has 136 valence electrons. The maximum absolute atomic E-state index is 12.7. The molecule has 2 unspecified atom stereocenters. The van der Waals surface area contributed by atoms with E-state index < -0.39 is 12.5 Å². The number of amides is 2. The highest BCUT2D eigenvalue weighted by Gasteiger charge is 2.45. The summed E-state index contributed by atoms with van der Waals surface area (Å²) in [6, 6.07) is 1.74. The molecular formula is C18H31N3O3. The Labute approximate surface area is 144 Å². The molecule has 1 aromatic rings. The quantitative estimate of drug-likeness (QED) is 0.867. The van der Waals surface area contributed by atoms with Crippen LogP contribution in [0, 0.1) is 5.92 Å². The highest BCUT2D eigenvalue weighted by atomic mass is 16.5. The standard InChI is InChI=1S/C18H31N3O3/c1-8-24-16-15(22)21(17(23)20(16)7)13-10-14(18(4,5)6)19-12(13)9-11(2)3/h10-11,15-16,19,22H,8-9H2,1-7H3. The Morgan fingerprint density at radius 1 is 1.38 bits per heavy atom. The van der Waals surface area contributed by atoms with E-state index in [1.54, 1.807) is 7.05 Å². The number of likely N-dealkylation sites (N-methyl/N-ethyl adjacent to an activating group) is 1. The van der Waals surface area contributed by atoms with Gasteiger partial charge in [-0.2, -0.15) is 0 Å². The maximum atomic E-state index is 12.7. The second-order valence-electron chi connectivity index (χ2n) is 7.92. The van der Waals surface area contributed by atoms with Crippen LogP contribution in [0.5, 0.6) is 0 Å². The van der Waals surface area contributed by atoms with Crippen molar-refractivity contribution in [1.82, 2.24) is 9.88 Å². The average molecular weight is 337 g/mol. The number of aromatic nitrogens is 1. The lowest BCUT2D eigenvalue weighted by Gasteiger charge is -2.22. The van der Waals surface area contributed by atoms with Gasteiger partial charge in [0.05, 0.1) is 5.69 Å². The monoisotopic (exact) mass is 337 g/mol. The number of aliphatic hydroxyl groups is 1. The number of carbonyl (C=O) groups is 1. The minimum atomic E-state index is -1.02. The summed E-state index contributed by atoms with van der Waals surface area (Å²) in [6.07, 6.45) is -0.857. The molecule has 2 atom stereocenters. The van der Waals surface area contributed by atoms with E-state index in [1.807, 2.05) is 13.0 Å². The van der Waals surface area contributed by atoms with Crippen LogP contribution in [0.4, 0.5) is 10.5 Å². The third-order valence-corrected chi connectivity index (χ3v) is 4.30. The maximum Gasteiger partial charge on any atom is 0.328 e. The SMILES string of the molecule is CCOC1C(O)N(c2cc(C(C)(C)C)[nH]c2CC(C)C)C(=O)N1C. The van der Waals surface area contributed by atoms with Gasteiger partial charge in [-0.1, -0.05) is 34.6 Å². The van der Waals surface area contributed by atoms with Gasteiger partial charge in [-0.05, 0) is 25.3 Å². The van der Waals surface area contributed by atoms with Gasteiger partial charge in [0.15, 0.2) is 12.5 Å². The van der Waals surface area contributed by atoms with Crippen LogP contribution in [-0.2, 0) is 16.6 Å². The van der Waals surface area contributed by atoms with Gasteiger partial charge in [-0.3, -0.25) is 9.80 Å². The molecule has 2 N–H and O–H groups in total. The van der Waals surface area contributed by atoms with Crippen LogP contribution in [0.15, 0.2) is 6.07 Å². The Kier molecular flexibility index (Phi) is 5.30. The molecule has 0 saturated carbocycles. The Balaban J connectivity index is 2.46. The van der Waals surface area contributed by atoms with Gasteiger partial charge < -0.3 is 14.8 Å². The fourth-order valence-electron chi connectivity index (χ4n) is 3.00. The predicted octanol–water partition coefficient (Wildman–Crippen LogP) is 3.06. The van der Waals surface area contributed by atoms with Gasteiger partial charge in [0, 0.05) is 30.5 Å². The Morgan fingerprint density at radius 2 is 2.00 bits per heavy atom. The van der Waals surface area contributed by atoms with E-state index in [9.17, 15) is 9.90 Å². The average Bonchev–Trinajstić information content (AvgIpc) is 2.94. The van der Waals surface area contributed by atoms with Gasteiger partial charge >= 0.3 is 6.03 Å². The molecule has 1 aromatic heterocycles. The first-order valence-electron chi connectivity index (χ1n) is 8.66. The van der Waals surface area contributed by atoms with Crippen molar-refractivity contribution >= 4 is 11.7 Å². The van der Waals surface area contributed by atoms with Crippen molar-refractivity contribution in [2.24, 2.45) is 5.92 Å². The molecule has 1 aliphatic rings. The smallest absolute Gasteiger partial charge is 0.328 e. The first kappa shape index (κ1) is 18.8. The molecule has 6 heteroatoms. The molecule has 2 heterocycles. The number of ether oxygens (including phenoxy) is 1. The van der Waals surface area contributed by atoms with Gasteiger partial charge in [0.1, 0.15) is 0 Å². The van der Waals surface area contributed by atoms with Crippen molar-refractivity contribution in [2.45, 2.75) is 65.8 Å². The molecule has 0 aliphatic carbocycles. The summed E-state index contributed by atoms with van der Waals surface area (Å²) in [6.45, 7) is 12.9. The van der Waals surface area contributed by atoms with Gasteiger partial charge in [-0.15, -0.1) is 0 Å². The van der Waals surface area contributed by atoms with Crippen molar-refractivity contribution in [1.29, 1.82) is 0 Å². The summed E-state index contributed by atoms with van der Waals surface area (Å²) in [4.78, 5) is 19.1. The number of nitrogens with one attached hydrogen (secondary N) is 1. The number of anilines is 1. The first-order chi connectivity index (χ1) is 11.1. The van der Waals surface area contributed by atoms with Crippen LogP contribution in [0.1, 0.15) is 52.9 Å². The third kappa shape index (κ3) is 3.44. The number of hydrogen-bond acceptors (Lipinski definition) is 3. The van der Waals surface area contributed by atoms with Crippen LogP contribution < -0.4 is 4.90 Å². The Bertz CT molecular complexity index is 589. The fraction of sp³-hybridized carbons (Fsp3) is 0.722. The number of rotatable bonds is 5. The van der Waals surface area contributed by atoms with Crippen molar-refractivity contribution in [3.8, 4) is 0 Å². The lowest BCUT2D eigenvalue weighted by atomic mass is 9.92. The van der Waals surface area contributed by atoms with Gasteiger partial charge in [-0.25, -0.2) is 4.79 Å². The highest BCUT2D eigenvalue weighted by molar-refractivity contribution is 5.95.